The Morgan fingerprint density at radius 3 is 2.69 bits per heavy atom. The van der Waals surface area contributed by atoms with Crippen LogP contribution in [0.25, 0.3) is 0 Å². The lowest BCUT2D eigenvalue weighted by atomic mass is 10.0. The van der Waals surface area contributed by atoms with Gasteiger partial charge in [-0.2, -0.15) is 0 Å². The Labute approximate surface area is 160 Å². The van der Waals surface area contributed by atoms with E-state index in [9.17, 15) is 14.4 Å². The minimum atomic E-state index is -1.32. The van der Waals surface area contributed by atoms with E-state index in [-0.39, 0.29) is 29.9 Å². The predicted molar refractivity (Wildman–Crippen MR) is 96.1 cm³/mol. The Morgan fingerprint density at radius 2 is 2.04 bits per heavy atom. The van der Waals surface area contributed by atoms with Crippen LogP contribution in [0.5, 0.6) is 0 Å². The van der Waals surface area contributed by atoms with Crippen molar-refractivity contribution in [2.75, 3.05) is 6.54 Å². The number of halogens is 2. The van der Waals surface area contributed by atoms with Gasteiger partial charge in [-0.3, -0.25) is 19.3 Å². The van der Waals surface area contributed by atoms with E-state index in [1.54, 1.807) is 12.1 Å². The summed E-state index contributed by atoms with van der Waals surface area (Å²) >= 11 is 11.6. The van der Waals surface area contributed by atoms with Gasteiger partial charge < -0.3 is 9.73 Å². The van der Waals surface area contributed by atoms with Gasteiger partial charge in [-0.1, -0.05) is 23.7 Å². The summed E-state index contributed by atoms with van der Waals surface area (Å²) in [5.74, 6) is -1.40. The summed E-state index contributed by atoms with van der Waals surface area (Å²) in [6.45, 7) is 1.74. The molecule has 1 aliphatic heterocycles. The Hall–Kier alpha value is -2.31. The normalized spacial score (nSPS) is 19.9. The first-order chi connectivity index (χ1) is 12.3. The van der Waals surface area contributed by atoms with Crippen molar-refractivity contribution in [1.82, 2.24) is 10.2 Å². The summed E-state index contributed by atoms with van der Waals surface area (Å²) < 4.78 is 5.04. The van der Waals surface area contributed by atoms with Crippen molar-refractivity contribution < 1.29 is 18.8 Å². The molecule has 0 saturated carbocycles. The number of likely N-dealkylation sites (tertiary alicyclic amines) is 1. The van der Waals surface area contributed by atoms with Crippen LogP contribution >= 0.6 is 23.2 Å². The molecule has 2 aromatic rings. The molecule has 1 N–H and O–H groups in total. The van der Waals surface area contributed by atoms with Crippen molar-refractivity contribution in [2.24, 2.45) is 0 Å². The Kier molecular flexibility index (Phi) is 5.07. The summed E-state index contributed by atoms with van der Waals surface area (Å²) in [6.07, 6.45) is 0.372. The molecule has 0 radical (unpaired) electrons. The molecule has 1 fully saturated rings. The molecule has 3 rings (SSSR count). The van der Waals surface area contributed by atoms with Crippen LogP contribution in [0.1, 0.15) is 29.5 Å². The maximum atomic E-state index is 12.7. The molecular weight excluding hydrogens is 379 g/mol. The van der Waals surface area contributed by atoms with Gasteiger partial charge in [-0.05, 0) is 54.8 Å². The molecule has 1 saturated heterocycles. The van der Waals surface area contributed by atoms with Gasteiger partial charge in [0.1, 0.15) is 5.54 Å². The monoisotopic (exact) mass is 394 g/mol. The number of carbonyl (C=O) groups is 3. The molecule has 26 heavy (non-hydrogen) atoms. The van der Waals surface area contributed by atoms with Gasteiger partial charge >= 0.3 is 0 Å². The molecule has 1 atom stereocenters. The highest BCUT2D eigenvalue weighted by molar-refractivity contribution is 6.30. The number of furan rings is 1. The summed E-state index contributed by atoms with van der Waals surface area (Å²) in [5, 5.41) is 3.24. The molecule has 3 amide bonds. The zero-order valence-corrected chi connectivity index (χ0v) is 15.4. The average molecular weight is 395 g/mol. The highest BCUT2D eigenvalue weighted by atomic mass is 35.5. The second-order valence-electron chi connectivity index (χ2n) is 6.30. The van der Waals surface area contributed by atoms with Crippen LogP contribution < -0.4 is 5.32 Å². The van der Waals surface area contributed by atoms with Gasteiger partial charge in [-0.15, -0.1) is 0 Å². The lowest BCUT2D eigenvalue weighted by Crippen LogP contribution is -2.52. The molecule has 6 nitrogen and oxygen atoms in total. The highest BCUT2D eigenvalue weighted by Gasteiger charge is 2.49. The predicted octanol–water partition coefficient (Wildman–Crippen LogP) is 3.08. The summed E-state index contributed by atoms with van der Waals surface area (Å²) in [6, 6.07) is 10.1. The van der Waals surface area contributed by atoms with Crippen molar-refractivity contribution >= 4 is 40.9 Å². The Bertz CT molecular complexity index is 880. The fraction of sp³-hybridized carbons (Fsp3) is 0.278. The molecule has 1 aliphatic rings. The molecule has 0 spiro atoms. The topological polar surface area (TPSA) is 79.6 Å². The van der Waals surface area contributed by atoms with E-state index >= 15 is 0 Å². The smallest absolute Gasteiger partial charge is 0.287 e. The number of rotatable bonds is 5. The molecule has 1 unspecified atom stereocenters. The van der Waals surface area contributed by atoms with Crippen LogP contribution in [0.4, 0.5) is 0 Å². The Balaban J connectivity index is 1.68. The zero-order valence-electron chi connectivity index (χ0n) is 13.9. The van der Waals surface area contributed by atoms with E-state index < -0.39 is 17.4 Å². The molecule has 0 aliphatic carbocycles. The van der Waals surface area contributed by atoms with Crippen LogP contribution in [0.2, 0.25) is 10.2 Å². The lowest BCUT2D eigenvalue weighted by molar-refractivity contribution is -0.139. The fourth-order valence-corrected chi connectivity index (χ4v) is 3.25. The third-order valence-electron chi connectivity index (χ3n) is 4.22. The number of nitrogens with zero attached hydrogens (tertiary/aromatic N) is 1. The van der Waals surface area contributed by atoms with E-state index in [2.05, 4.69) is 5.32 Å². The first-order valence-electron chi connectivity index (χ1n) is 7.95. The Morgan fingerprint density at radius 1 is 1.27 bits per heavy atom. The third-order valence-corrected chi connectivity index (χ3v) is 4.66. The quantitative estimate of drug-likeness (QED) is 0.790. The highest BCUT2D eigenvalue weighted by Crippen LogP contribution is 2.25. The average Bonchev–Trinajstić information content (AvgIpc) is 3.09. The number of imide groups is 1. The number of hydrogen-bond acceptors (Lipinski definition) is 4. The third kappa shape index (κ3) is 3.76. The maximum Gasteiger partial charge on any atom is 0.287 e. The van der Waals surface area contributed by atoms with Crippen LogP contribution in [-0.2, 0) is 16.0 Å². The number of carbonyl (C=O) groups excluding carboxylic acids is 3. The van der Waals surface area contributed by atoms with Crippen LogP contribution in [0, 0.1) is 0 Å². The van der Waals surface area contributed by atoms with Gasteiger partial charge in [0.15, 0.2) is 11.0 Å². The standard InChI is InChI=1S/C18H16Cl2N2O4/c1-18(21-16(24)13-5-6-14(20)26-13)10-15(23)22(17(18)25)8-7-11-3-2-4-12(19)9-11/h2-6,9H,7-8,10H2,1H3,(H,21,24). The lowest BCUT2D eigenvalue weighted by Gasteiger charge is -2.23. The minimum Gasteiger partial charge on any atom is -0.440 e. The van der Waals surface area contributed by atoms with Crippen LogP contribution in [0.3, 0.4) is 0 Å². The van der Waals surface area contributed by atoms with Crippen molar-refractivity contribution in [3.63, 3.8) is 0 Å². The zero-order chi connectivity index (χ0) is 18.9. The second kappa shape index (κ2) is 7.13. The SMILES string of the molecule is CC1(NC(=O)c2ccc(Cl)o2)CC(=O)N(CCc2cccc(Cl)c2)C1=O. The van der Waals surface area contributed by atoms with E-state index in [1.165, 1.54) is 19.1 Å². The summed E-state index contributed by atoms with van der Waals surface area (Å²) in [7, 11) is 0. The largest absolute Gasteiger partial charge is 0.440 e. The number of nitrogens with one attached hydrogen (secondary N) is 1. The van der Waals surface area contributed by atoms with E-state index in [1.807, 2.05) is 12.1 Å². The maximum absolute atomic E-state index is 12.7. The molecular formula is C18H16Cl2N2O4. The molecule has 1 aromatic heterocycles. The van der Waals surface area contributed by atoms with Crippen molar-refractivity contribution in [1.29, 1.82) is 0 Å². The second-order valence-corrected chi connectivity index (χ2v) is 7.11. The number of hydrogen-bond donors (Lipinski definition) is 1. The van der Waals surface area contributed by atoms with Crippen LogP contribution in [-0.4, -0.2) is 34.7 Å². The summed E-state index contributed by atoms with van der Waals surface area (Å²) in [4.78, 5) is 38.4. The number of benzene rings is 1. The first-order valence-corrected chi connectivity index (χ1v) is 8.71. The first kappa shape index (κ1) is 18.5. The molecule has 1 aromatic carbocycles. The number of amides is 3. The summed E-state index contributed by atoms with van der Waals surface area (Å²) in [5.41, 5.74) is -0.400. The minimum absolute atomic E-state index is 0.0196. The van der Waals surface area contributed by atoms with Gasteiger partial charge in [0.25, 0.3) is 11.8 Å². The van der Waals surface area contributed by atoms with Crippen molar-refractivity contribution in [3.05, 3.63) is 58.0 Å². The fourth-order valence-electron chi connectivity index (χ4n) is 2.89. The van der Waals surface area contributed by atoms with Gasteiger partial charge in [0, 0.05) is 11.6 Å². The van der Waals surface area contributed by atoms with E-state index in [0.29, 0.717) is 11.4 Å². The molecule has 2 heterocycles. The van der Waals surface area contributed by atoms with E-state index in [0.717, 1.165) is 10.5 Å². The van der Waals surface area contributed by atoms with Crippen LogP contribution in [0.15, 0.2) is 40.8 Å². The molecule has 8 heteroatoms. The molecule has 136 valence electrons. The van der Waals surface area contributed by atoms with Crippen molar-refractivity contribution in [2.45, 2.75) is 25.3 Å². The van der Waals surface area contributed by atoms with Gasteiger partial charge in [0.2, 0.25) is 5.91 Å². The van der Waals surface area contributed by atoms with Gasteiger partial charge in [-0.25, -0.2) is 0 Å². The van der Waals surface area contributed by atoms with Crippen molar-refractivity contribution in [3.8, 4) is 0 Å². The van der Waals surface area contributed by atoms with Gasteiger partial charge in [0.05, 0.1) is 6.42 Å². The van der Waals surface area contributed by atoms with E-state index in [4.69, 9.17) is 27.6 Å². The molecule has 0 bridgehead atoms.